The van der Waals surface area contributed by atoms with Gasteiger partial charge in [0.05, 0.1) is 12.0 Å². The van der Waals surface area contributed by atoms with E-state index in [2.05, 4.69) is 9.97 Å². The lowest BCUT2D eigenvalue weighted by Crippen LogP contribution is -2.34. The monoisotopic (exact) mass is 269 g/mol. The zero-order chi connectivity index (χ0) is 13.9. The smallest absolute Gasteiger partial charge is 0.230 e. The van der Waals surface area contributed by atoms with Crippen molar-refractivity contribution in [1.82, 2.24) is 14.9 Å². The summed E-state index contributed by atoms with van der Waals surface area (Å²) in [4.78, 5) is 22.2. The van der Waals surface area contributed by atoms with Gasteiger partial charge in [-0.25, -0.2) is 4.98 Å². The summed E-state index contributed by atoms with van der Waals surface area (Å²) < 4.78 is 0. The van der Waals surface area contributed by atoms with Crippen LogP contribution in [-0.2, 0) is 4.79 Å². The number of likely N-dealkylation sites (tertiary alicyclic amines) is 1. The van der Waals surface area contributed by atoms with E-state index in [0.29, 0.717) is 0 Å². The largest absolute Gasteiger partial charge is 0.347 e. The number of rotatable bonds is 3. The van der Waals surface area contributed by atoms with Gasteiger partial charge in [0.1, 0.15) is 5.82 Å². The first-order chi connectivity index (χ1) is 9.77. The molecule has 0 aliphatic carbocycles. The number of aromatic amines is 1. The molecule has 104 valence electrons. The molecular formula is C16H19N3O. The van der Waals surface area contributed by atoms with Gasteiger partial charge in [0.25, 0.3) is 0 Å². The molecule has 0 spiro atoms. The maximum Gasteiger partial charge on any atom is 0.230 e. The van der Waals surface area contributed by atoms with Crippen molar-refractivity contribution < 1.29 is 4.79 Å². The van der Waals surface area contributed by atoms with E-state index in [-0.39, 0.29) is 17.9 Å². The fourth-order valence-electron chi connectivity index (χ4n) is 2.91. The van der Waals surface area contributed by atoms with Crippen LogP contribution in [-0.4, -0.2) is 27.3 Å². The fourth-order valence-corrected chi connectivity index (χ4v) is 2.91. The summed E-state index contributed by atoms with van der Waals surface area (Å²) in [5.74, 6) is 0.984. The average molecular weight is 269 g/mol. The van der Waals surface area contributed by atoms with Crippen molar-refractivity contribution in [3.05, 3.63) is 54.1 Å². The molecule has 4 heteroatoms. The van der Waals surface area contributed by atoms with Crippen LogP contribution in [0.2, 0.25) is 0 Å². The van der Waals surface area contributed by atoms with Crippen LogP contribution in [0.3, 0.4) is 0 Å². The van der Waals surface area contributed by atoms with Crippen LogP contribution >= 0.6 is 0 Å². The number of H-pyrrole nitrogens is 1. The molecule has 4 nitrogen and oxygen atoms in total. The van der Waals surface area contributed by atoms with E-state index in [9.17, 15) is 4.79 Å². The first kappa shape index (κ1) is 12.9. The summed E-state index contributed by atoms with van der Waals surface area (Å²) in [5.41, 5.74) is 1.07. The molecule has 1 N–H and O–H groups in total. The lowest BCUT2D eigenvalue weighted by atomic mass is 9.99. The second kappa shape index (κ2) is 5.49. The third-order valence-corrected chi connectivity index (χ3v) is 4.04. The van der Waals surface area contributed by atoms with Gasteiger partial charge in [-0.1, -0.05) is 30.3 Å². The Hall–Kier alpha value is -2.10. The predicted molar refractivity (Wildman–Crippen MR) is 77.1 cm³/mol. The minimum atomic E-state index is -0.105. The van der Waals surface area contributed by atoms with Crippen molar-refractivity contribution in [2.75, 3.05) is 6.54 Å². The van der Waals surface area contributed by atoms with Gasteiger partial charge in [-0.05, 0) is 25.3 Å². The standard InChI is InChI=1S/C16H19N3O/c1-12(13-6-3-2-4-7-13)16(20)19-11-5-8-14(19)15-17-9-10-18-15/h2-4,6-7,9-10,12,14H,5,8,11H2,1H3,(H,17,18)/t12-,14?/m0/s1. The Balaban J connectivity index is 1.79. The number of carbonyl (C=O) groups excluding carboxylic acids is 1. The summed E-state index contributed by atoms with van der Waals surface area (Å²) >= 11 is 0. The Morgan fingerprint density at radius 3 is 2.90 bits per heavy atom. The van der Waals surface area contributed by atoms with Gasteiger partial charge < -0.3 is 9.88 Å². The van der Waals surface area contributed by atoms with E-state index in [4.69, 9.17) is 0 Å². The van der Waals surface area contributed by atoms with E-state index < -0.39 is 0 Å². The number of hydrogen-bond donors (Lipinski definition) is 1. The maximum absolute atomic E-state index is 12.7. The van der Waals surface area contributed by atoms with Crippen molar-refractivity contribution in [2.24, 2.45) is 0 Å². The van der Waals surface area contributed by atoms with Gasteiger partial charge >= 0.3 is 0 Å². The minimum absolute atomic E-state index is 0.101. The van der Waals surface area contributed by atoms with Crippen LogP contribution < -0.4 is 0 Å². The van der Waals surface area contributed by atoms with E-state index >= 15 is 0 Å². The van der Waals surface area contributed by atoms with Gasteiger partial charge in [0.15, 0.2) is 0 Å². The first-order valence-corrected chi connectivity index (χ1v) is 7.12. The molecule has 2 atom stereocenters. The average Bonchev–Trinajstić information content (AvgIpc) is 3.16. The molecular weight excluding hydrogens is 250 g/mol. The molecule has 1 aliphatic heterocycles. The van der Waals surface area contributed by atoms with Crippen LogP contribution in [0.1, 0.15) is 43.1 Å². The Bertz CT molecular complexity index is 565. The summed E-state index contributed by atoms with van der Waals surface area (Å²) in [7, 11) is 0. The highest BCUT2D eigenvalue weighted by atomic mass is 16.2. The number of carbonyl (C=O) groups is 1. The van der Waals surface area contributed by atoms with E-state index in [0.717, 1.165) is 30.8 Å². The van der Waals surface area contributed by atoms with Crippen molar-refractivity contribution in [3.8, 4) is 0 Å². The highest BCUT2D eigenvalue weighted by Crippen LogP contribution is 2.32. The number of hydrogen-bond acceptors (Lipinski definition) is 2. The molecule has 1 amide bonds. The zero-order valence-corrected chi connectivity index (χ0v) is 11.6. The van der Waals surface area contributed by atoms with E-state index in [1.807, 2.05) is 48.4 Å². The molecule has 1 saturated heterocycles. The number of benzene rings is 1. The Morgan fingerprint density at radius 1 is 1.40 bits per heavy atom. The highest BCUT2D eigenvalue weighted by Gasteiger charge is 2.33. The van der Waals surface area contributed by atoms with Gasteiger partial charge in [-0.2, -0.15) is 0 Å². The van der Waals surface area contributed by atoms with Crippen LogP contribution in [0, 0.1) is 0 Å². The normalized spacial score (nSPS) is 20.1. The Labute approximate surface area is 118 Å². The number of amides is 1. The minimum Gasteiger partial charge on any atom is -0.347 e. The summed E-state index contributed by atoms with van der Waals surface area (Å²) in [6.07, 6.45) is 5.59. The third-order valence-electron chi connectivity index (χ3n) is 4.04. The highest BCUT2D eigenvalue weighted by molar-refractivity contribution is 5.83. The SMILES string of the molecule is C[C@H](C(=O)N1CCCC1c1ncc[nH]1)c1ccccc1. The molecule has 0 radical (unpaired) electrons. The molecule has 3 rings (SSSR count). The topological polar surface area (TPSA) is 49.0 Å². The van der Waals surface area contributed by atoms with E-state index in [1.165, 1.54) is 0 Å². The van der Waals surface area contributed by atoms with Gasteiger partial charge in [-0.3, -0.25) is 4.79 Å². The molecule has 1 fully saturated rings. The lowest BCUT2D eigenvalue weighted by molar-refractivity contribution is -0.133. The summed E-state index contributed by atoms with van der Waals surface area (Å²) in [6, 6.07) is 10.1. The summed E-state index contributed by atoms with van der Waals surface area (Å²) in [5, 5.41) is 0. The number of imidazole rings is 1. The van der Waals surface area contributed by atoms with Gasteiger partial charge in [0.2, 0.25) is 5.91 Å². The molecule has 1 aliphatic rings. The van der Waals surface area contributed by atoms with Crippen LogP contribution in [0.15, 0.2) is 42.7 Å². The first-order valence-electron chi connectivity index (χ1n) is 7.12. The summed E-state index contributed by atoms with van der Waals surface area (Å²) in [6.45, 7) is 2.80. The van der Waals surface area contributed by atoms with Crippen molar-refractivity contribution in [2.45, 2.75) is 31.7 Å². The Kier molecular flexibility index (Phi) is 3.54. The maximum atomic E-state index is 12.7. The van der Waals surface area contributed by atoms with Crippen LogP contribution in [0.25, 0.3) is 0 Å². The Morgan fingerprint density at radius 2 is 2.20 bits per heavy atom. The number of nitrogens with one attached hydrogen (secondary N) is 1. The predicted octanol–water partition coefficient (Wildman–Crippen LogP) is 2.88. The number of aromatic nitrogens is 2. The molecule has 1 aromatic carbocycles. The molecule has 0 saturated carbocycles. The quantitative estimate of drug-likeness (QED) is 0.931. The van der Waals surface area contributed by atoms with Crippen LogP contribution in [0.4, 0.5) is 0 Å². The van der Waals surface area contributed by atoms with E-state index in [1.54, 1.807) is 6.20 Å². The lowest BCUT2D eigenvalue weighted by Gasteiger charge is -2.26. The van der Waals surface area contributed by atoms with Crippen molar-refractivity contribution >= 4 is 5.91 Å². The van der Waals surface area contributed by atoms with Crippen molar-refractivity contribution in [1.29, 1.82) is 0 Å². The second-order valence-corrected chi connectivity index (χ2v) is 5.30. The fraction of sp³-hybridized carbons (Fsp3) is 0.375. The molecule has 1 unspecified atom stereocenters. The third kappa shape index (κ3) is 2.33. The molecule has 0 bridgehead atoms. The zero-order valence-electron chi connectivity index (χ0n) is 11.6. The van der Waals surface area contributed by atoms with Gasteiger partial charge in [-0.15, -0.1) is 0 Å². The molecule has 2 heterocycles. The van der Waals surface area contributed by atoms with Crippen molar-refractivity contribution in [3.63, 3.8) is 0 Å². The second-order valence-electron chi connectivity index (χ2n) is 5.30. The molecule has 1 aromatic heterocycles. The van der Waals surface area contributed by atoms with Crippen LogP contribution in [0.5, 0.6) is 0 Å². The number of nitrogens with zero attached hydrogens (tertiary/aromatic N) is 2. The molecule has 20 heavy (non-hydrogen) atoms. The van der Waals surface area contributed by atoms with Gasteiger partial charge in [0, 0.05) is 18.9 Å². The molecule has 2 aromatic rings.